The number of hydrogen-bond acceptors (Lipinski definition) is 3. The average molecular weight is 298 g/mol. The second-order valence-corrected chi connectivity index (χ2v) is 6.58. The van der Waals surface area contributed by atoms with E-state index in [-0.39, 0.29) is 12.5 Å². The summed E-state index contributed by atoms with van der Waals surface area (Å²) in [5.74, 6) is 0.890. The van der Waals surface area contributed by atoms with Crippen molar-refractivity contribution in [3.05, 3.63) is 28.8 Å². The van der Waals surface area contributed by atoms with Crippen molar-refractivity contribution in [3.63, 3.8) is 0 Å². The normalized spacial score (nSPS) is 18.1. The van der Waals surface area contributed by atoms with Crippen molar-refractivity contribution in [2.45, 2.75) is 51.8 Å². The van der Waals surface area contributed by atoms with Crippen molar-refractivity contribution in [1.82, 2.24) is 5.32 Å². The quantitative estimate of drug-likeness (QED) is 0.811. The summed E-state index contributed by atoms with van der Waals surface area (Å²) in [4.78, 5) is 0. The Morgan fingerprint density at radius 2 is 2.15 bits per heavy atom. The molecule has 1 fully saturated rings. The standard InChI is InChI=1S/C16H24ClNO2/c1-11(2)16(3,19)10-20-15-6-4-5-14(17)13(15)9-18-12-7-8-12/h4-6,11-12,18-19H,7-10H2,1-3H3. The summed E-state index contributed by atoms with van der Waals surface area (Å²) in [5, 5.41) is 14.4. The van der Waals surface area contributed by atoms with E-state index in [0.29, 0.717) is 17.6 Å². The summed E-state index contributed by atoms with van der Waals surface area (Å²) in [6, 6.07) is 6.28. The van der Waals surface area contributed by atoms with Gasteiger partial charge in [0, 0.05) is 23.2 Å². The first-order valence-electron chi connectivity index (χ1n) is 7.26. The molecule has 1 unspecified atom stereocenters. The summed E-state index contributed by atoms with van der Waals surface area (Å²) >= 11 is 6.26. The molecule has 0 bridgehead atoms. The van der Waals surface area contributed by atoms with Crippen molar-refractivity contribution < 1.29 is 9.84 Å². The van der Waals surface area contributed by atoms with Crippen LogP contribution in [0.25, 0.3) is 0 Å². The first-order chi connectivity index (χ1) is 9.40. The van der Waals surface area contributed by atoms with E-state index in [1.165, 1.54) is 12.8 Å². The largest absolute Gasteiger partial charge is 0.490 e. The zero-order valence-electron chi connectivity index (χ0n) is 12.4. The molecule has 3 nitrogen and oxygen atoms in total. The molecular weight excluding hydrogens is 274 g/mol. The molecule has 0 heterocycles. The van der Waals surface area contributed by atoms with Gasteiger partial charge in [-0.05, 0) is 37.8 Å². The Labute approximate surface area is 126 Å². The average Bonchev–Trinajstić information content (AvgIpc) is 3.19. The van der Waals surface area contributed by atoms with Crippen LogP contribution in [0, 0.1) is 5.92 Å². The van der Waals surface area contributed by atoms with Crippen molar-refractivity contribution in [1.29, 1.82) is 0 Å². The van der Waals surface area contributed by atoms with Crippen molar-refractivity contribution in [2.75, 3.05) is 6.61 Å². The molecule has 0 radical (unpaired) electrons. The molecular formula is C16H24ClNO2. The Balaban J connectivity index is 2.04. The fourth-order valence-corrected chi connectivity index (χ4v) is 2.00. The minimum absolute atomic E-state index is 0.134. The third-order valence-corrected chi connectivity index (χ3v) is 4.34. The number of halogens is 1. The molecule has 2 N–H and O–H groups in total. The van der Waals surface area contributed by atoms with Gasteiger partial charge >= 0.3 is 0 Å². The maximum Gasteiger partial charge on any atom is 0.125 e. The van der Waals surface area contributed by atoms with E-state index in [1.807, 2.05) is 32.0 Å². The van der Waals surface area contributed by atoms with Crippen LogP contribution in [0.2, 0.25) is 5.02 Å². The smallest absolute Gasteiger partial charge is 0.125 e. The van der Waals surface area contributed by atoms with Crippen LogP contribution in [0.1, 0.15) is 39.2 Å². The Bertz CT molecular complexity index is 456. The van der Waals surface area contributed by atoms with Crippen LogP contribution in [-0.4, -0.2) is 23.4 Å². The van der Waals surface area contributed by atoms with E-state index in [0.717, 1.165) is 11.3 Å². The molecule has 0 saturated heterocycles. The number of benzene rings is 1. The van der Waals surface area contributed by atoms with Gasteiger partial charge in [0.2, 0.25) is 0 Å². The van der Waals surface area contributed by atoms with Gasteiger partial charge in [0.15, 0.2) is 0 Å². The Morgan fingerprint density at radius 3 is 2.75 bits per heavy atom. The van der Waals surface area contributed by atoms with Gasteiger partial charge < -0.3 is 15.2 Å². The van der Waals surface area contributed by atoms with Crippen LogP contribution in [0.5, 0.6) is 5.75 Å². The molecule has 1 saturated carbocycles. The lowest BCUT2D eigenvalue weighted by atomic mass is 9.94. The highest BCUT2D eigenvalue weighted by atomic mass is 35.5. The topological polar surface area (TPSA) is 41.5 Å². The zero-order valence-corrected chi connectivity index (χ0v) is 13.2. The lowest BCUT2D eigenvalue weighted by molar-refractivity contribution is -0.0268. The van der Waals surface area contributed by atoms with Crippen molar-refractivity contribution >= 4 is 11.6 Å². The SMILES string of the molecule is CC(C)C(C)(O)COc1cccc(Cl)c1CNC1CC1. The summed E-state index contributed by atoms with van der Waals surface area (Å²) < 4.78 is 5.82. The Morgan fingerprint density at radius 1 is 1.45 bits per heavy atom. The highest BCUT2D eigenvalue weighted by Crippen LogP contribution is 2.29. The van der Waals surface area contributed by atoms with Gasteiger partial charge in [-0.2, -0.15) is 0 Å². The summed E-state index contributed by atoms with van der Waals surface area (Å²) in [7, 11) is 0. The van der Waals surface area contributed by atoms with E-state index < -0.39 is 5.60 Å². The van der Waals surface area contributed by atoms with Crippen LogP contribution in [-0.2, 0) is 6.54 Å². The molecule has 1 aromatic rings. The minimum atomic E-state index is -0.844. The molecule has 2 rings (SSSR count). The second kappa shape index (κ2) is 6.33. The first kappa shape index (κ1) is 15.6. The molecule has 0 spiro atoms. The van der Waals surface area contributed by atoms with E-state index in [1.54, 1.807) is 6.92 Å². The lowest BCUT2D eigenvalue weighted by Gasteiger charge is -2.28. The third-order valence-electron chi connectivity index (χ3n) is 3.98. The van der Waals surface area contributed by atoms with Crippen molar-refractivity contribution in [3.8, 4) is 5.75 Å². The molecule has 0 aliphatic heterocycles. The van der Waals surface area contributed by atoms with Crippen LogP contribution in [0.4, 0.5) is 0 Å². The Kier molecular flexibility index (Phi) is 4.95. The summed E-state index contributed by atoms with van der Waals surface area (Å²) in [5.41, 5.74) is 0.129. The number of nitrogens with one attached hydrogen (secondary N) is 1. The summed E-state index contributed by atoms with van der Waals surface area (Å²) in [6.07, 6.45) is 2.48. The van der Waals surface area contributed by atoms with Gasteiger partial charge in [0.05, 0.1) is 5.60 Å². The van der Waals surface area contributed by atoms with E-state index in [2.05, 4.69) is 5.32 Å². The van der Waals surface area contributed by atoms with E-state index >= 15 is 0 Å². The maximum absolute atomic E-state index is 10.3. The zero-order chi connectivity index (χ0) is 14.8. The number of ether oxygens (including phenoxy) is 1. The molecule has 1 atom stereocenters. The van der Waals surface area contributed by atoms with E-state index in [9.17, 15) is 5.11 Å². The summed E-state index contributed by atoms with van der Waals surface area (Å²) in [6.45, 7) is 6.74. The number of aliphatic hydroxyl groups is 1. The lowest BCUT2D eigenvalue weighted by Crippen LogP contribution is -2.38. The van der Waals surface area contributed by atoms with Crippen molar-refractivity contribution in [2.24, 2.45) is 5.92 Å². The third kappa shape index (κ3) is 4.11. The monoisotopic (exact) mass is 297 g/mol. The van der Waals surface area contributed by atoms with Crippen LogP contribution >= 0.6 is 11.6 Å². The fourth-order valence-electron chi connectivity index (χ4n) is 1.77. The van der Waals surface area contributed by atoms with Gasteiger partial charge in [-0.3, -0.25) is 0 Å². The molecule has 0 aromatic heterocycles. The van der Waals surface area contributed by atoms with Crippen LogP contribution in [0.3, 0.4) is 0 Å². The second-order valence-electron chi connectivity index (χ2n) is 6.17. The predicted octanol–water partition coefficient (Wildman–Crippen LogP) is 3.38. The fraction of sp³-hybridized carbons (Fsp3) is 0.625. The highest BCUT2D eigenvalue weighted by molar-refractivity contribution is 6.31. The molecule has 1 aromatic carbocycles. The molecule has 112 valence electrons. The molecule has 4 heteroatoms. The van der Waals surface area contributed by atoms with Gasteiger partial charge in [-0.25, -0.2) is 0 Å². The number of hydrogen-bond donors (Lipinski definition) is 2. The maximum atomic E-state index is 10.3. The molecule has 0 amide bonds. The van der Waals surface area contributed by atoms with Crippen LogP contribution < -0.4 is 10.1 Å². The Hall–Kier alpha value is -0.770. The van der Waals surface area contributed by atoms with Gasteiger partial charge in [0.25, 0.3) is 0 Å². The first-order valence-corrected chi connectivity index (χ1v) is 7.64. The van der Waals surface area contributed by atoms with E-state index in [4.69, 9.17) is 16.3 Å². The minimum Gasteiger partial charge on any atom is -0.490 e. The van der Waals surface area contributed by atoms with Gasteiger partial charge in [-0.1, -0.05) is 31.5 Å². The predicted molar refractivity (Wildman–Crippen MR) is 82.3 cm³/mol. The molecule has 20 heavy (non-hydrogen) atoms. The molecule has 1 aliphatic rings. The highest BCUT2D eigenvalue weighted by Gasteiger charge is 2.26. The van der Waals surface area contributed by atoms with Gasteiger partial charge in [0.1, 0.15) is 12.4 Å². The van der Waals surface area contributed by atoms with Crippen LogP contribution in [0.15, 0.2) is 18.2 Å². The molecule has 1 aliphatic carbocycles. The van der Waals surface area contributed by atoms with Gasteiger partial charge in [-0.15, -0.1) is 0 Å². The number of rotatable bonds is 7.